The molecule has 0 saturated heterocycles. The first-order chi connectivity index (χ1) is 17.5. The molecule has 0 saturated carbocycles. The molecular formula is C30H51N3O5. The average molecular weight is 534 g/mol. The molecule has 0 fully saturated rings. The number of amides is 3. The summed E-state index contributed by atoms with van der Waals surface area (Å²) < 4.78 is 5.43. The Morgan fingerprint density at radius 2 is 1.61 bits per heavy atom. The normalized spacial score (nSPS) is 13.6. The lowest BCUT2D eigenvalue weighted by molar-refractivity contribution is -0.144. The Kier molecular flexibility index (Phi) is 12.6. The first-order valence-corrected chi connectivity index (χ1v) is 13.9. The maximum atomic E-state index is 14.2. The van der Waals surface area contributed by atoms with E-state index in [2.05, 4.69) is 17.6 Å². The van der Waals surface area contributed by atoms with Crippen LogP contribution < -0.4 is 10.6 Å². The second kappa shape index (κ2) is 14.4. The zero-order valence-electron chi connectivity index (χ0n) is 25.2. The third-order valence-corrected chi connectivity index (χ3v) is 5.99. The number of alkyl carbamates (subject to hydrolysis) is 1. The van der Waals surface area contributed by atoms with Gasteiger partial charge in [-0.1, -0.05) is 52.5 Å². The zero-order valence-corrected chi connectivity index (χ0v) is 25.2. The lowest BCUT2D eigenvalue weighted by Gasteiger charge is -2.37. The third-order valence-electron chi connectivity index (χ3n) is 5.99. The largest absolute Gasteiger partial charge is 0.508 e. The summed E-state index contributed by atoms with van der Waals surface area (Å²) in [6, 6.07) is 3.14. The molecule has 0 aliphatic heterocycles. The molecule has 3 N–H and O–H groups in total. The van der Waals surface area contributed by atoms with Crippen LogP contribution in [0, 0.1) is 12.8 Å². The number of phenolic OH excluding ortho intramolecular Hbond substituents is 1. The van der Waals surface area contributed by atoms with Crippen LogP contribution in [0.15, 0.2) is 18.2 Å². The summed E-state index contributed by atoms with van der Waals surface area (Å²) in [5, 5.41) is 15.9. The fraction of sp³-hybridized carbons (Fsp3) is 0.700. The molecule has 0 aliphatic carbocycles. The van der Waals surface area contributed by atoms with Crippen LogP contribution in [0.5, 0.6) is 5.75 Å². The van der Waals surface area contributed by atoms with Crippen LogP contribution in [0.2, 0.25) is 0 Å². The highest BCUT2D eigenvalue weighted by Gasteiger charge is 2.38. The quantitative estimate of drug-likeness (QED) is 0.285. The summed E-state index contributed by atoms with van der Waals surface area (Å²) in [5.74, 6) is -0.788. The lowest BCUT2D eigenvalue weighted by Crippen LogP contribution is -2.56. The summed E-state index contributed by atoms with van der Waals surface area (Å²) in [5.41, 5.74) is -0.0298. The number of nitrogens with one attached hydrogen (secondary N) is 2. The predicted octanol–water partition coefficient (Wildman–Crippen LogP) is 6.00. The van der Waals surface area contributed by atoms with Crippen LogP contribution in [0.3, 0.4) is 0 Å². The van der Waals surface area contributed by atoms with Gasteiger partial charge in [-0.2, -0.15) is 0 Å². The zero-order chi connectivity index (χ0) is 29.3. The van der Waals surface area contributed by atoms with Crippen molar-refractivity contribution in [2.75, 3.05) is 6.54 Å². The molecule has 0 spiro atoms. The molecule has 216 valence electrons. The topological polar surface area (TPSA) is 108 Å². The van der Waals surface area contributed by atoms with Crippen LogP contribution >= 0.6 is 0 Å². The number of phenols is 1. The Morgan fingerprint density at radius 1 is 1.00 bits per heavy atom. The molecule has 38 heavy (non-hydrogen) atoms. The number of nitrogens with zero attached hydrogens (tertiary/aromatic N) is 1. The Morgan fingerprint density at radius 3 is 2.11 bits per heavy atom. The molecular weight excluding hydrogens is 482 g/mol. The molecule has 1 aromatic carbocycles. The van der Waals surface area contributed by atoms with Crippen LogP contribution in [-0.4, -0.2) is 51.6 Å². The highest BCUT2D eigenvalue weighted by molar-refractivity contribution is 5.92. The van der Waals surface area contributed by atoms with Gasteiger partial charge in [0.15, 0.2) is 0 Å². The molecule has 0 heterocycles. The Hall–Kier alpha value is -2.77. The van der Waals surface area contributed by atoms with Gasteiger partial charge in [-0.25, -0.2) is 4.79 Å². The van der Waals surface area contributed by atoms with Crippen LogP contribution in [0.25, 0.3) is 0 Å². The van der Waals surface area contributed by atoms with Gasteiger partial charge in [-0.05, 0) is 84.1 Å². The van der Waals surface area contributed by atoms with Crippen molar-refractivity contribution in [1.29, 1.82) is 0 Å². The summed E-state index contributed by atoms with van der Waals surface area (Å²) in [7, 11) is 0. The summed E-state index contributed by atoms with van der Waals surface area (Å²) in [4.78, 5) is 42.2. The molecule has 1 aromatic rings. The van der Waals surface area contributed by atoms with E-state index >= 15 is 0 Å². The minimum atomic E-state index is -0.936. The minimum Gasteiger partial charge on any atom is -0.508 e. The molecule has 0 aromatic heterocycles. The third kappa shape index (κ3) is 11.3. The smallest absolute Gasteiger partial charge is 0.408 e. The van der Waals surface area contributed by atoms with E-state index in [9.17, 15) is 19.5 Å². The van der Waals surface area contributed by atoms with Crippen molar-refractivity contribution in [3.63, 3.8) is 0 Å². The van der Waals surface area contributed by atoms with Crippen LogP contribution in [0.4, 0.5) is 4.79 Å². The van der Waals surface area contributed by atoms with Gasteiger partial charge in [0.1, 0.15) is 23.4 Å². The van der Waals surface area contributed by atoms with E-state index in [1.807, 2.05) is 34.6 Å². The van der Waals surface area contributed by atoms with E-state index in [4.69, 9.17) is 4.74 Å². The van der Waals surface area contributed by atoms with Crippen molar-refractivity contribution in [3.05, 3.63) is 29.3 Å². The van der Waals surface area contributed by atoms with Crippen molar-refractivity contribution < 1.29 is 24.2 Å². The minimum absolute atomic E-state index is 0.118. The summed E-state index contributed by atoms with van der Waals surface area (Å²) in [6.07, 6.45) is 4.21. The Labute approximate surface area is 229 Å². The Bertz CT molecular complexity index is 931. The number of benzene rings is 1. The second-order valence-electron chi connectivity index (χ2n) is 12.5. The monoisotopic (exact) mass is 533 g/mol. The fourth-order valence-corrected chi connectivity index (χ4v) is 4.14. The van der Waals surface area contributed by atoms with Gasteiger partial charge in [-0.15, -0.1) is 0 Å². The number of unbranched alkanes of at least 4 members (excludes halogenated alkanes) is 4. The fourth-order valence-electron chi connectivity index (χ4n) is 4.14. The van der Waals surface area contributed by atoms with Gasteiger partial charge < -0.3 is 25.4 Å². The van der Waals surface area contributed by atoms with Gasteiger partial charge in [0.05, 0.1) is 0 Å². The van der Waals surface area contributed by atoms with Gasteiger partial charge in [-0.3, -0.25) is 9.59 Å². The highest BCUT2D eigenvalue weighted by Crippen LogP contribution is 2.29. The first kappa shape index (κ1) is 33.3. The SMILES string of the molecule is CCCCCCCN(C(=O)C(NC(=O)OC(C)(C)C)C(C)C)C(C(=O)NC(C)(C)C)c1ccc(O)c(C)c1. The molecule has 2 atom stereocenters. The molecule has 1 rings (SSSR count). The van der Waals surface area contributed by atoms with Crippen molar-refractivity contribution in [1.82, 2.24) is 15.5 Å². The van der Waals surface area contributed by atoms with E-state index in [0.717, 1.165) is 32.1 Å². The van der Waals surface area contributed by atoms with Crippen molar-refractivity contribution in [3.8, 4) is 5.75 Å². The van der Waals surface area contributed by atoms with Gasteiger partial charge in [0.2, 0.25) is 11.8 Å². The number of aryl methyl sites for hydroxylation is 1. The second-order valence-corrected chi connectivity index (χ2v) is 12.5. The molecule has 0 bridgehead atoms. The molecule has 3 amide bonds. The van der Waals surface area contributed by atoms with Crippen LogP contribution in [0.1, 0.15) is 112 Å². The summed E-state index contributed by atoms with van der Waals surface area (Å²) in [6.45, 7) is 18.9. The van der Waals surface area contributed by atoms with Gasteiger partial charge in [0.25, 0.3) is 0 Å². The summed E-state index contributed by atoms with van der Waals surface area (Å²) >= 11 is 0. The lowest BCUT2D eigenvalue weighted by atomic mass is 9.96. The van der Waals surface area contributed by atoms with Gasteiger partial charge >= 0.3 is 6.09 Å². The average Bonchev–Trinajstić information content (AvgIpc) is 2.75. The van der Waals surface area contributed by atoms with E-state index in [1.165, 1.54) is 0 Å². The molecule has 8 heteroatoms. The number of carbonyl (C=O) groups excluding carboxylic acids is 3. The number of aromatic hydroxyl groups is 1. The number of rotatable bonds is 12. The standard InChI is InChI=1S/C30H51N3O5/c1-11-12-13-14-15-18-33(27(36)24(20(2)3)31-28(37)38-30(8,9)10)25(26(35)32-29(5,6)7)22-16-17-23(34)21(4)19-22/h16-17,19-20,24-25,34H,11-15,18H2,1-10H3,(H,31,37)(H,32,35). The van der Waals surface area contributed by atoms with E-state index in [1.54, 1.807) is 50.8 Å². The number of carbonyl (C=O) groups is 3. The van der Waals surface area contributed by atoms with Crippen LogP contribution in [-0.2, 0) is 14.3 Å². The predicted molar refractivity (Wildman–Crippen MR) is 152 cm³/mol. The van der Waals surface area contributed by atoms with E-state index in [-0.39, 0.29) is 23.5 Å². The van der Waals surface area contributed by atoms with E-state index in [0.29, 0.717) is 17.7 Å². The highest BCUT2D eigenvalue weighted by atomic mass is 16.6. The molecule has 0 radical (unpaired) electrons. The maximum absolute atomic E-state index is 14.2. The number of hydrogen-bond acceptors (Lipinski definition) is 5. The molecule has 0 aliphatic rings. The van der Waals surface area contributed by atoms with E-state index < -0.39 is 29.3 Å². The van der Waals surface area contributed by atoms with Gasteiger partial charge in [0, 0.05) is 12.1 Å². The van der Waals surface area contributed by atoms with Crippen molar-refractivity contribution in [2.24, 2.45) is 5.92 Å². The van der Waals surface area contributed by atoms with Crippen molar-refractivity contribution >= 4 is 17.9 Å². The first-order valence-electron chi connectivity index (χ1n) is 13.9. The molecule has 2 unspecified atom stereocenters. The Balaban J connectivity index is 3.53. The molecule has 8 nitrogen and oxygen atoms in total. The number of hydrogen-bond donors (Lipinski definition) is 3. The van der Waals surface area contributed by atoms with Crippen molar-refractivity contribution in [2.45, 2.75) is 125 Å². The maximum Gasteiger partial charge on any atom is 0.408 e. The number of ether oxygens (including phenoxy) is 1.